The van der Waals surface area contributed by atoms with Crippen molar-refractivity contribution in [1.82, 2.24) is 0 Å². The molecule has 0 saturated heterocycles. The van der Waals surface area contributed by atoms with Crippen LogP contribution < -0.4 is 4.90 Å². The summed E-state index contributed by atoms with van der Waals surface area (Å²) in [6.45, 7) is 3.34. The minimum Gasteiger partial charge on any atom is -0.346 e. The van der Waals surface area contributed by atoms with E-state index in [2.05, 4.69) is 28.5 Å². The number of benzene rings is 2. The molecule has 24 heavy (non-hydrogen) atoms. The van der Waals surface area contributed by atoms with Crippen molar-refractivity contribution in [3.05, 3.63) is 65.5 Å². The van der Waals surface area contributed by atoms with E-state index in [1.807, 2.05) is 12.1 Å². The van der Waals surface area contributed by atoms with Crippen molar-refractivity contribution in [2.45, 2.75) is 19.1 Å². The van der Waals surface area contributed by atoms with Gasteiger partial charge in [0.15, 0.2) is 6.54 Å². The normalized spacial score (nSPS) is 23.5. The summed E-state index contributed by atoms with van der Waals surface area (Å²) in [6, 6.07) is 14.4. The lowest BCUT2D eigenvalue weighted by Crippen LogP contribution is -2.41. The number of aliphatic hydroxyl groups is 1. The Balaban J connectivity index is 1.82. The number of thioether (sulfide) groups is 1. The molecule has 0 spiro atoms. The second kappa shape index (κ2) is 5.90. The van der Waals surface area contributed by atoms with Crippen molar-refractivity contribution < 1.29 is 14.1 Å². The van der Waals surface area contributed by atoms with Crippen LogP contribution in [0.5, 0.6) is 0 Å². The highest BCUT2D eigenvalue weighted by Crippen LogP contribution is 2.38. The van der Waals surface area contributed by atoms with Crippen molar-refractivity contribution in [1.29, 1.82) is 0 Å². The second-order valence-electron chi connectivity index (χ2n) is 6.33. The van der Waals surface area contributed by atoms with Crippen LogP contribution in [-0.4, -0.2) is 33.7 Å². The van der Waals surface area contributed by atoms with E-state index in [1.165, 1.54) is 17.7 Å². The monoisotopic (exact) mass is 343 g/mol. The van der Waals surface area contributed by atoms with E-state index >= 15 is 0 Å². The molecule has 5 heteroatoms. The van der Waals surface area contributed by atoms with Gasteiger partial charge in [-0.05, 0) is 61.0 Å². The second-order valence-corrected chi connectivity index (χ2v) is 7.39. The van der Waals surface area contributed by atoms with Crippen LogP contribution in [0.15, 0.2) is 48.5 Å². The molecular weight excluding hydrogens is 323 g/mol. The zero-order chi connectivity index (χ0) is 16.7. The minimum atomic E-state index is -1.13. The fraction of sp³-hybridized carbons (Fsp3) is 0.316. The van der Waals surface area contributed by atoms with Crippen molar-refractivity contribution in [2.75, 3.05) is 23.7 Å². The molecule has 1 unspecified atom stereocenters. The molecule has 0 bridgehead atoms. The molecule has 2 aliphatic heterocycles. The largest absolute Gasteiger partial charge is 0.346 e. The van der Waals surface area contributed by atoms with Crippen LogP contribution in [-0.2, 0) is 5.72 Å². The molecule has 0 aliphatic carbocycles. The smallest absolute Gasteiger partial charge is 0.316 e. The van der Waals surface area contributed by atoms with Crippen LogP contribution in [0, 0.1) is 12.7 Å². The predicted octanol–water partition coefficient (Wildman–Crippen LogP) is 3.30. The first-order valence-electron chi connectivity index (χ1n) is 8.18. The Hall–Kier alpha value is -1.85. The van der Waals surface area contributed by atoms with Crippen LogP contribution in [0.1, 0.15) is 17.5 Å². The Morgan fingerprint density at radius 1 is 1.17 bits per heavy atom. The number of anilines is 1. The highest BCUT2D eigenvalue weighted by molar-refractivity contribution is 8.13. The fourth-order valence-electron chi connectivity index (χ4n) is 3.52. The molecule has 0 radical (unpaired) electrons. The zero-order valence-electron chi connectivity index (χ0n) is 13.6. The van der Waals surface area contributed by atoms with Gasteiger partial charge in [-0.15, -0.1) is 0 Å². The molecule has 1 atom stereocenters. The van der Waals surface area contributed by atoms with E-state index in [0.717, 1.165) is 35.1 Å². The highest BCUT2D eigenvalue weighted by Gasteiger charge is 2.53. The molecule has 0 fully saturated rings. The van der Waals surface area contributed by atoms with Gasteiger partial charge < -0.3 is 5.11 Å². The summed E-state index contributed by atoms with van der Waals surface area (Å²) >= 11 is 1.78. The number of hydrogen-bond donors (Lipinski definition) is 1. The van der Waals surface area contributed by atoms with Crippen molar-refractivity contribution in [3.8, 4) is 0 Å². The maximum atomic E-state index is 13.3. The third kappa shape index (κ3) is 2.43. The zero-order valence-corrected chi connectivity index (χ0v) is 14.4. The first-order valence-corrected chi connectivity index (χ1v) is 9.17. The van der Waals surface area contributed by atoms with Gasteiger partial charge in [-0.25, -0.2) is 13.9 Å². The Morgan fingerprint density at radius 3 is 2.67 bits per heavy atom. The quantitative estimate of drug-likeness (QED) is 0.848. The Bertz CT molecular complexity index is 805. The maximum Gasteiger partial charge on any atom is 0.316 e. The highest BCUT2D eigenvalue weighted by atomic mass is 32.2. The first-order chi connectivity index (χ1) is 11.6. The van der Waals surface area contributed by atoms with Gasteiger partial charge in [0.05, 0.1) is 6.54 Å². The van der Waals surface area contributed by atoms with Gasteiger partial charge in [-0.2, -0.15) is 0 Å². The molecule has 0 aromatic heterocycles. The molecule has 3 nitrogen and oxygen atoms in total. The standard InChI is InChI=1S/C19H20FN2OS/c1-14-5-2-3-6-17(14)21-13-19(23,15-7-9-16(20)10-8-15)22-11-4-12-24-18(21)22/h2-3,5-10,23H,4,11-13H2,1H3/q+1. The SMILES string of the molecule is Cc1ccccc1N1CC(O)(c2ccc(F)cc2)[N+]2=C1SCCC2. The average Bonchev–Trinajstić information content (AvgIpc) is 2.90. The van der Waals surface area contributed by atoms with Gasteiger partial charge >= 0.3 is 5.17 Å². The maximum absolute atomic E-state index is 13.3. The van der Waals surface area contributed by atoms with Crippen LogP contribution >= 0.6 is 11.8 Å². The predicted molar refractivity (Wildman–Crippen MR) is 96.0 cm³/mol. The van der Waals surface area contributed by atoms with Gasteiger partial charge in [0.1, 0.15) is 11.5 Å². The van der Waals surface area contributed by atoms with Gasteiger partial charge in [0.2, 0.25) is 0 Å². The lowest BCUT2D eigenvalue weighted by Gasteiger charge is -2.24. The molecule has 0 amide bonds. The first kappa shape index (κ1) is 15.7. The van der Waals surface area contributed by atoms with E-state index < -0.39 is 5.72 Å². The molecule has 2 aromatic carbocycles. The Kier molecular flexibility index (Phi) is 3.85. The number of rotatable bonds is 2. The van der Waals surface area contributed by atoms with Crippen LogP contribution in [0.4, 0.5) is 10.1 Å². The molecule has 1 N–H and O–H groups in total. The van der Waals surface area contributed by atoms with Gasteiger partial charge in [-0.1, -0.05) is 18.2 Å². The number of para-hydroxylation sites is 1. The summed E-state index contributed by atoms with van der Waals surface area (Å²) in [5.74, 6) is 0.765. The van der Waals surface area contributed by atoms with Crippen LogP contribution in [0.25, 0.3) is 0 Å². The summed E-state index contributed by atoms with van der Waals surface area (Å²) < 4.78 is 15.4. The summed E-state index contributed by atoms with van der Waals surface area (Å²) in [7, 11) is 0. The Labute approximate surface area is 145 Å². The number of aryl methyl sites for hydroxylation is 1. The molecule has 2 heterocycles. The topological polar surface area (TPSA) is 26.5 Å². The summed E-state index contributed by atoms with van der Waals surface area (Å²) in [5, 5.41) is 12.6. The van der Waals surface area contributed by atoms with Gasteiger partial charge in [0, 0.05) is 11.3 Å². The average molecular weight is 343 g/mol. The number of halogens is 1. The Morgan fingerprint density at radius 2 is 1.92 bits per heavy atom. The fourth-order valence-corrected chi connectivity index (χ4v) is 4.69. The van der Waals surface area contributed by atoms with E-state index in [0.29, 0.717) is 6.54 Å². The summed E-state index contributed by atoms with van der Waals surface area (Å²) in [5.41, 5.74) is 1.91. The van der Waals surface area contributed by atoms with E-state index in [4.69, 9.17) is 0 Å². The lowest BCUT2D eigenvalue weighted by atomic mass is 10.0. The number of β-amino-alcohol motifs (C(OH)–C–C–N with tert-alkyl or cyclic N) is 1. The van der Waals surface area contributed by atoms with E-state index in [9.17, 15) is 9.50 Å². The molecular formula is C19H20FN2OS+. The van der Waals surface area contributed by atoms with Gasteiger partial charge in [-0.3, -0.25) is 0 Å². The van der Waals surface area contributed by atoms with Gasteiger partial charge in [0.25, 0.3) is 5.72 Å². The third-order valence-electron chi connectivity index (χ3n) is 4.76. The molecule has 2 aliphatic rings. The van der Waals surface area contributed by atoms with E-state index in [-0.39, 0.29) is 5.82 Å². The van der Waals surface area contributed by atoms with Crippen molar-refractivity contribution >= 4 is 22.6 Å². The molecule has 4 rings (SSSR count). The molecule has 124 valence electrons. The van der Waals surface area contributed by atoms with Crippen LogP contribution in [0.3, 0.4) is 0 Å². The van der Waals surface area contributed by atoms with Crippen molar-refractivity contribution in [3.63, 3.8) is 0 Å². The minimum absolute atomic E-state index is 0.284. The summed E-state index contributed by atoms with van der Waals surface area (Å²) in [6.07, 6.45) is 1.03. The number of nitrogens with zero attached hydrogens (tertiary/aromatic N) is 2. The number of hydrogen-bond acceptors (Lipinski definition) is 3. The van der Waals surface area contributed by atoms with E-state index in [1.54, 1.807) is 23.9 Å². The van der Waals surface area contributed by atoms with Crippen molar-refractivity contribution in [2.24, 2.45) is 0 Å². The molecule has 0 saturated carbocycles. The van der Waals surface area contributed by atoms with Crippen LogP contribution in [0.2, 0.25) is 0 Å². The third-order valence-corrected chi connectivity index (χ3v) is 5.95. The molecule has 2 aromatic rings. The number of amidine groups is 1. The lowest BCUT2D eigenvalue weighted by molar-refractivity contribution is -0.656. The summed E-state index contributed by atoms with van der Waals surface area (Å²) in [4.78, 5) is 2.20.